The maximum atomic E-state index is 11.3. The quantitative estimate of drug-likeness (QED) is 0.384. The van der Waals surface area contributed by atoms with Gasteiger partial charge < -0.3 is 24.4 Å². The maximum Gasteiger partial charge on any atom is 0.308 e. The molecule has 0 fully saturated rings. The van der Waals surface area contributed by atoms with Crippen LogP contribution in [0.4, 0.5) is 0 Å². The molecule has 0 bridgehead atoms. The van der Waals surface area contributed by atoms with Crippen LogP contribution in [0.3, 0.4) is 0 Å². The van der Waals surface area contributed by atoms with Gasteiger partial charge in [-0.05, 0) is 29.8 Å². The summed E-state index contributed by atoms with van der Waals surface area (Å²) in [4.78, 5) is 22.4. The van der Waals surface area contributed by atoms with E-state index in [1.807, 2.05) is 30.3 Å². The lowest BCUT2D eigenvalue weighted by Crippen LogP contribution is -2.05. The third-order valence-electron chi connectivity index (χ3n) is 4.52. The van der Waals surface area contributed by atoms with Crippen molar-refractivity contribution in [1.29, 1.82) is 0 Å². The molecular formula is C26H24O7. The van der Waals surface area contributed by atoms with Crippen LogP contribution in [0.2, 0.25) is 0 Å². The van der Waals surface area contributed by atoms with E-state index < -0.39 is 18.0 Å². The number of phenols is 1. The molecule has 33 heavy (non-hydrogen) atoms. The Morgan fingerprint density at radius 1 is 0.909 bits per heavy atom. The summed E-state index contributed by atoms with van der Waals surface area (Å²) < 4.78 is 16.0. The van der Waals surface area contributed by atoms with Crippen molar-refractivity contribution in [3.05, 3.63) is 89.5 Å². The number of esters is 2. The number of carbonyl (C=O) groups is 2. The van der Waals surface area contributed by atoms with Crippen molar-refractivity contribution in [1.82, 2.24) is 0 Å². The Kier molecular flexibility index (Phi) is 7.83. The van der Waals surface area contributed by atoms with Crippen molar-refractivity contribution in [2.75, 3.05) is 0 Å². The Hall–Kier alpha value is -4.10. The molecule has 0 radical (unpaired) electrons. The molecule has 0 amide bonds. The molecule has 0 saturated heterocycles. The Morgan fingerprint density at radius 3 is 2.18 bits per heavy atom. The van der Waals surface area contributed by atoms with E-state index in [2.05, 4.69) is 0 Å². The lowest BCUT2D eigenvalue weighted by atomic mass is 10.1. The zero-order valence-corrected chi connectivity index (χ0v) is 18.2. The van der Waals surface area contributed by atoms with Gasteiger partial charge in [0.05, 0.1) is 0 Å². The van der Waals surface area contributed by atoms with Crippen molar-refractivity contribution in [2.24, 2.45) is 0 Å². The predicted octanol–water partition coefficient (Wildman–Crippen LogP) is 4.57. The first kappa shape index (κ1) is 23.6. The molecule has 0 heterocycles. The van der Waals surface area contributed by atoms with Crippen LogP contribution in [0.25, 0.3) is 6.08 Å². The fourth-order valence-corrected chi connectivity index (χ4v) is 3.04. The largest absolute Gasteiger partial charge is 0.507 e. The van der Waals surface area contributed by atoms with E-state index >= 15 is 0 Å². The Bertz CT molecular complexity index is 1150. The molecule has 0 spiro atoms. The van der Waals surface area contributed by atoms with Crippen LogP contribution >= 0.6 is 0 Å². The van der Waals surface area contributed by atoms with Gasteiger partial charge >= 0.3 is 11.9 Å². The van der Waals surface area contributed by atoms with Crippen LogP contribution in [0.1, 0.15) is 36.6 Å². The number of phenolic OH excluding ortho intramolecular Hbond substituents is 1. The lowest BCUT2D eigenvalue weighted by Gasteiger charge is -2.16. The number of aromatic hydroxyl groups is 1. The average Bonchev–Trinajstić information content (AvgIpc) is 2.77. The first-order valence-corrected chi connectivity index (χ1v) is 10.2. The minimum atomic E-state index is -1.07. The Balaban J connectivity index is 1.82. The monoisotopic (exact) mass is 448 g/mol. The van der Waals surface area contributed by atoms with Gasteiger partial charge in [-0.15, -0.1) is 0 Å². The number of carbonyl (C=O) groups excluding carboxylic acids is 2. The van der Waals surface area contributed by atoms with Gasteiger partial charge in [0.2, 0.25) is 0 Å². The van der Waals surface area contributed by atoms with E-state index in [9.17, 15) is 19.8 Å². The molecule has 3 rings (SSSR count). The van der Waals surface area contributed by atoms with Gasteiger partial charge in [-0.25, -0.2) is 0 Å². The van der Waals surface area contributed by atoms with Gasteiger partial charge in [0, 0.05) is 37.1 Å². The van der Waals surface area contributed by atoms with Crippen LogP contribution in [-0.2, 0) is 16.2 Å². The number of hydrogen-bond donors (Lipinski definition) is 2. The molecular weight excluding hydrogens is 424 g/mol. The van der Waals surface area contributed by atoms with Gasteiger partial charge in [0.15, 0.2) is 0 Å². The molecule has 170 valence electrons. The molecule has 0 aliphatic carbocycles. The third-order valence-corrected chi connectivity index (χ3v) is 4.52. The number of hydrogen-bond acceptors (Lipinski definition) is 7. The van der Waals surface area contributed by atoms with Crippen molar-refractivity contribution in [3.8, 4) is 23.0 Å². The molecule has 0 aliphatic heterocycles. The zero-order valence-electron chi connectivity index (χ0n) is 18.2. The second kappa shape index (κ2) is 11.0. The van der Waals surface area contributed by atoms with E-state index in [0.717, 1.165) is 5.56 Å². The Labute approximate surface area is 191 Å². The first-order chi connectivity index (χ1) is 15.8. The summed E-state index contributed by atoms with van der Waals surface area (Å²) in [7, 11) is 0. The maximum absolute atomic E-state index is 11.3. The molecule has 0 aliphatic rings. The summed E-state index contributed by atoms with van der Waals surface area (Å²) in [5.74, 6) is -0.204. The van der Waals surface area contributed by atoms with Crippen molar-refractivity contribution < 1.29 is 34.0 Å². The molecule has 1 atom stereocenters. The van der Waals surface area contributed by atoms with Gasteiger partial charge in [-0.3, -0.25) is 9.59 Å². The molecule has 3 aromatic carbocycles. The summed E-state index contributed by atoms with van der Waals surface area (Å²) in [6.07, 6.45) is 1.95. The number of rotatable bonds is 8. The van der Waals surface area contributed by atoms with Gasteiger partial charge in [-0.1, -0.05) is 42.5 Å². The average molecular weight is 448 g/mol. The number of ether oxygens (including phenoxy) is 3. The van der Waals surface area contributed by atoms with Gasteiger partial charge in [-0.2, -0.15) is 0 Å². The summed E-state index contributed by atoms with van der Waals surface area (Å²) in [6, 6.07) is 18.6. The second-order valence-electron chi connectivity index (χ2n) is 7.19. The van der Waals surface area contributed by atoms with E-state index in [1.54, 1.807) is 30.3 Å². The summed E-state index contributed by atoms with van der Waals surface area (Å²) in [5.41, 5.74) is 1.81. The molecule has 2 N–H and O–H groups in total. The fraction of sp³-hybridized carbons (Fsp3) is 0.154. The Morgan fingerprint density at radius 2 is 1.55 bits per heavy atom. The molecule has 7 nitrogen and oxygen atoms in total. The summed E-state index contributed by atoms with van der Waals surface area (Å²) in [5, 5.41) is 20.9. The lowest BCUT2D eigenvalue weighted by molar-refractivity contribution is -0.132. The van der Waals surface area contributed by atoms with Crippen molar-refractivity contribution in [3.63, 3.8) is 0 Å². The third kappa shape index (κ3) is 6.95. The smallest absolute Gasteiger partial charge is 0.308 e. The van der Waals surface area contributed by atoms with E-state index in [1.165, 1.54) is 32.1 Å². The SMILES string of the molecule is CC(=O)Oc1ccc(C=CC(O)c2ccc(OC(C)=O)cc2OCc2ccccc2)c(O)c1. The molecule has 7 heteroatoms. The highest BCUT2D eigenvalue weighted by Gasteiger charge is 2.14. The summed E-state index contributed by atoms with van der Waals surface area (Å²) in [6.45, 7) is 2.83. The summed E-state index contributed by atoms with van der Waals surface area (Å²) >= 11 is 0. The number of aliphatic hydroxyl groups excluding tert-OH is 1. The van der Waals surface area contributed by atoms with Crippen LogP contribution < -0.4 is 14.2 Å². The van der Waals surface area contributed by atoms with Crippen LogP contribution in [0, 0.1) is 0 Å². The van der Waals surface area contributed by atoms with E-state index in [-0.39, 0.29) is 18.1 Å². The van der Waals surface area contributed by atoms with Crippen LogP contribution in [0.15, 0.2) is 72.8 Å². The topological polar surface area (TPSA) is 102 Å². The van der Waals surface area contributed by atoms with Crippen molar-refractivity contribution >= 4 is 18.0 Å². The van der Waals surface area contributed by atoms with E-state index in [4.69, 9.17) is 14.2 Å². The molecule has 3 aromatic rings. The molecule has 0 saturated carbocycles. The highest BCUT2D eigenvalue weighted by molar-refractivity contribution is 5.70. The molecule has 0 aromatic heterocycles. The normalized spacial score (nSPS) is 11.7. The number of aliphatic hydroxyl groups is 1. The minimum Gasteiger partial charge on any atom is -0.507 e. The second-order valence-corrected chi connectivity index (χ2v) is 7.19. The van der Waals surface area contributed by atoms with Gasteiger partial charge in [0.1, 0.15) is 35.7 Å². The molecule has 1 unspecified atom stereocenters. The van der Waals surface area contributed by atoms with Crippen molar-refractivity contribution in [2.45, 2.75) is 26.6 Å². The minimum absolute atomic E-state index is 0.108. The standard InChI is InChI=1S/C26H24O7/c1-17(27)32-21-10-8-20(25(30)14-21)9-13-24(29)23-12-11-22(33-18(2)28)15-26(23)31-16-19-6-4-3-5-7-19/h3-15,24,29-30H,16H2,1-2H3. The van der Waals surface area contributed by atoms with E-state index in [0.29, 0.717) is 22.6 Å². The van der Waals surface area contributed by atoms with Crippen LogP contribution in [0.5, 0.6) is 23.0 Å². The van der Waals surface area contributed by atoms with Crippen LogP contribution in [-0.4, -0.2) is 22.2 Å². The first-order valence-electron chi connectivity index (χ1n) is 10.2. The highest BCUT2D eigenvalue weighted by Crippen LogP contribution is 2.32. The fourth-order valence-electron chi connectivity index (χ4n) is 3.04. The number of benzene rings is 3. The predicted molar refractivity (Wildman–Crippen MR) is 122 cm³/mol. The highest BCUT2D eigenvalue weighted by atomic mass is 16.5. The van der Waals surface area contributed by atoms with Gasteiger partial charge in [0.25, 0.3) is 0 Å². The zero-order chi connectivity index (χ0) is 23.8.